The Morgan fingerprint density at radius 3 is 2.58 bits per heavy atom. The van der Waals surface area contributed by atoms with Crippen LogP contribution in [0.2, 0.25) is 0 Å². The lowest BCUT2D eigenvalue weighted by molar-refractivity contribution is -0.0416. The highest BCUT2D eigenvalue weighted by Gasteiger charge is 2.42. The summed E-state index contributed by atoms with van der Waals surface area (Å²) in [6.07, 6.45) is 7.70. The van der Waals surface area contributed by atoms with Crippen molar-refractivity contribution in [2.24, 2.45) is 0 Å². The van der Waals surface area contributed by atoms with Crippen molar-refractivity contribution in [2.75, 3.05) is 13.7 Å². The Labute approximate surface area is 113 Å². The van der Waals surface area contributed by atoms with Gasteiger partial charge < -0.3 is 9.47 Å². The van der Waals surface area contributed by atoms with Crippen molar-refractivity contribution in [3.8, 4) is 5.88 Å². The lowest BCUT2D eigenvalue weighted by Gasteiger charge is -2.35. The fourth-order valence-electron chi connectivity index (χ4n) is 2.68. The molecule has 1 fully saturated rings. The lowest BCUT2D eigenvalue weighted by atomic mass is 9.80. The fourth-order valence-corrected chi connectivity index (χ4v) is 2.68. The minimum absolute atomic E-state index is 0.0981. The van der Waals surface area contributed by atoms with Crippen molar-refractivity contribution in [1.82, 2.24) is 9.97 Å². The molecule has 1 aliphatic rings. The van der Waals surface area contributed by atoms with E-state index in [4.69, 9.17) is 9.47 Å². The summed E-state index contributed by atoms with van der Waals surface area (Å²) in [5.41, 5.74) is -0.462. The first kappa shape index (κ1) is 13.9. The summed E-state index contributed by atoms with van der Waals surface area (Å²) in [5.74, 6) is 0.177. The van der Waals surface area contributed by atoms with Crippen LogP contribution in [0, 0.1) is 0 Å². The van der Waals surface area contributed by atoms with Gasteiger partial charge in [-0.25, -0.2) is 9.97 Å². The summed E-state index contributed by atoms with van der Waals surface area (Å²) < 4.78 is 10.9. The van der Waals surface area contributed by atoms with Gasteiger partial charge in [0.2, 0.25) is 11.7 Å². The first-order valence-corrected chi connectivity index (χ1v) is 6.77. The Kier molecular flexibility index (Phi) is 4.47. The largest absolute Gasteiger partial charge is 0.479 e. The number of rotatable bonds is 5. The van der Waals surface area contributed by atoms with Gasteiger partial charge in [0.05, 0.1) is 7.11 Å². The second-order valence-electron chi connectivity index (χ2n) is 4.73. The Morgan fingerprint density at radius 2 is 1.95 bits per heavy atom. The van der Waals surface area contributed by atoms with Crippen LogP contribution in [0.4, 0.5) is 0 Å². The molecule has 0 N–H and O–H groups in total. The van der Waals surface area contributed by atoms with Crippen LogP contribution in [0.15, 0.2) is 12.4 Å². The van der Waals surface area contributed by atoms with Gasteiger partial charge in [0.1, 0.15) is 5.60 Å². The van der Waals surface area contributed by atoms with Crippen molar-refractivity contribution in [1.29, 1.82) is 0 Å². The topological polar surface area (TPSA) is 61.3 Å². The van der Waals surface area contributed by atoms with Gasteiger partial charge in [-0.2, -0.15) is 0 Å². The van der Waals surface area contributed by atoms with E-state index in [0.717, 1.165) is 32.1 Å². The molecule has 1 aromatic heterocycles. The molecule has 19 heavy (non-hydrogen) atoms. The van der Waals surface area contributed by atoms with E-state index in [0.29, 0.717) is 6.61 Å². The predicted molar refractivity (Wildman–Crippen MR) is 70.4 cm³/mol. The number of methoxy groups -OCH3 is 1. The number of hydrogen-bond donors (Lipinski definition) is 0. The van der Waals surface area contributed by atoms with E-state index in [-0.39, 0.29) is 17.4 Å². The number of carbonyl (C=O) groups excluding carboxylic acids is 1. The molecule has 0 radical (unpaired) electrons. The smallest absolute Gasteiger partial charge is 0.243 e. The molecular weight excluding hydrogens is 244 g/mol. The molecule has 0 bridgehead atoms. The fraction of sp³-hybridized carbons (Fsp3) is 0.643. The highest BCUT2D eigenvalue weighted by atomic mass is 16.5. The molecule has 5 nitrogen and oxygen atoms in total. The van der Waals surface area contributed by atoms with Gasteiger partial charge in [-0.05, 0) is 19.8 Å². The maximum absolute atomic E-state index is 12.8. The molecule has 0 aromatic carbocycles. The molecule has 0 amide bonds. The standard InChI is InChI=1S/C14H20N2O3/c1-3-19-14(7-5-4-6-8-14)12(17)11-13(18-2)16-10-9-15-11/h9-10H,3-8H2,1-2H3. The van der Waals surface area contributed by atoms with Crippen molar-refractivity contribution in [3.63, 3.8) is 0 Å². The molecular formula is C14H20N2O3. The molecule has 104 valence electrons. The molecule has 2 rings (SSSR count). The molecule has 1 saturated carbocycles. The molecule has 0 atom stereocenters. The maximum Gasteiger partial charge on any atom is 0.243 e. The van der Waals surface area contributed by atoms with Crippen LogP contribution in [0.5, 0.6) is 5.88 Å². The van der Waals surface area contributed by atoms with E-state index in [9.17, 15) is 4.79 Å². The van der Waals surface area contributed by atoms with E-state index in [1.807, 2.05) is 6.92 Å². The number of ether oxygens (including phenoxy) is 2. The average molecular weight is 264 g/mol. The highest BCUT2D eigenvalue weighted by molar-refractivity contribution is 6.02. The molecule has 0 unspecified atom stereocenters. The third-order valence-electron chi connectivity index (χ3n) is 3.57. The van der Waals surface area contributed by atoms with Gasteiger partial charge in [0.15, 0.2) is 5.69 Å². The van der Waals surface area contributed by atoms with Crippen molar-refractivity contribution >= 4 is 5.78 Å². The monoisotopic (exact) mass is 264 g/mol. The van der Waals surface area contributed by atoms with E-state index in [1.54, 1.807) is 0 Å². The van der Waals surface area contributed by atoms with Crippen LogP contribution >= 0.6 is 0 Å². The minimum Gasteiger partial charge on any atom is -0.479 e. The van der Waals surface area contributed by atoms with Crippen LogP contribution in [-0.4, -0.2) is 35.1 Å². The van der Waals surface area contributed by atoms with Crippen LogP contribution in [-0.2, 0) is 4.74 Å². The Morgan fingerprint density at radius 1 is 1.26 bits per heavy atom. The van der Waals surface area contributed by atoms with Crippen LogP contribution in [0.3, 0.4) is 0 Å². The number of ketones is 1. The Hall–Kier alpha value is -1.49. The minimum atomic E-state index is -0.740. The first-order chi connectivity index (χ1) is 9.23. The number of Topliss-reactive ketones (excluding diaryl/α,β-unsaturated/α-hetero) is 1. The van der Waals surface area contributed by atoms with Crippen molar-refractivity contribution in [2.45, 2.75) is 44.6 Å². The first-order valence-electron chi connectivity index (χ1n) is 6.77. The van der Waals surface area contributed by atoms with Crippen molar-refractivity contribution in [3.05, 3.63) is 18.1 Å². The quantitative estimate of drug-likeness (QED) is 0.764. The zero-order chi connectivity index (χ0) is 13.7. The summed E-state index contributed by atoms with van der Waals surface area (Å²) in [6.45, 7) is 2.44. The third-order valence-corrected chi connectivity index (χ3v) is 3.57. The molecule has 1 aliphatic carbocycles. The van der Waals surface area contributed by atoms with Gasteiger partial charge in [-0.15, -0.1) is 0 Å². The molecule has 1 heterocycles. The normalized spacial score (nSPS) is 18.0. The zero-order valence-electron chi connectivity index (χ0n) is 11.5. The van der Waals surface area contributed by atoms with Crippen LogP contribution in [0.1, 0.15) is 49.5 Å². The number of hydrogen-bond acceptors (Lipinski definition) is 5. The number of carbonyl (C=O) groups is 1. The number of nitrogens with zero attached hydrogens (tertiary/aromatic N) is 2. The lowest BCUT2D eigenvalue weighted by Crippen LogP contribution is -2.44. The molecule has 0 aliphatic heterocycles. The van der Waals surface area contributed by atoms with Gasteiger partial charge >= 0.3 is 0 Å². The summed E-state index contributed by atoms with van der Waals surface area (Å²) in [7, 11) is 1.50. The van der Waals surface area contributed by atoms with Crippen molar-refractivity contribution < 1.29 is 14.3 Å². The second kappa shape index (κ2) is 6.10. The average Bonchev–Trinajstić information content (AvgIpc) is 2.47. The summed E-state index contributed by atoms with van der Waals surface area (Å²) in [6, 6.07) is 0. The van der Waals surface area contributed by atoms with E-state index in [2.05, 4.69) is 9.97 Å². The Balaban J connectivity index is 2.33. The second-order valence-corrected chi connectivity index (χ2v) is 4.73. The molecule has 1 aromatic rings. The van der Waals surface area contributed by atoms with E-state index < -0.39 is 5.60 Å². The summed E-state index contributed by atoms with van der Waals surface area (Å²) in [4.78, 5) is 21.0. The van der Waals surface area contributed by atoms with Gasteiger partial charge in [0, 0.05) is 19.0 Å². The van der Waals surface area contributed by atoms with Gasteiger partial charge in [-0.3, -0.25) is 4.79 Å². The third kappa shape index (κ3) is 2.76. The number of aromatic nitrogens is 2. The highest BCUT2D eigenvalue weighted by Crippen LogP contribution is 2.35. The summed E-state index contributed by atoms with van der Waals surface area (Å²) >= 11 is 0. The predicted octanol–water partition coefficient (Wildman–Crippen LogP) is 2.41. The zero-order valence-corrected chi connectivity index (χ0v) is 11.5. The SMILES string of the molecule is CCOC1(C(=O)c2nccnc2OC)CCCCC1. The van der Waals surface area contributed by atoms with Crippen LogP contribution in [0.25, 0.3) is 0 Å². The van der Waals surface area contributed by atoms with Gasteiger partial charge in [-0.1, -0.05) is 19.3 Å². The van der Waals surface area contributed by atoms with Crippen LogP contribution < -0.4 is 4.74 Å². The van der Waals surface area contributed by atoms with Gasteiger partial charge in [0.25, 0.3) is 0 Å². The molecule has 5 heteroatoms. The van der Waals surface area contributed by atoms with E-state index >= 15 is 0 Å². The van der Waals surface area contributed by atoms with E-state index in [1.165, 1.54) is 19.5 Å². The maximum atomic E-state index is 12.8. The Bertz CT molecular complexity index is 437. The molecule has 0 saturated heterocycles. The summed E-state index contributed by atoms with van der Waals surface area (Å²) in [5, 5.41) is 0. The molecule has 0 spiro atoms.